The molecule has 6 heteroatoms. The summed E-state index contributed by atoms with van der Waals surface area (Å²) in [6.45, 7) is 4.59. The predicted octanol–water partition coefficient (Wildman–Crippen LogP) is 2.72. The number of hydrogen-bond acceptors (Lipinski definition) is 4. The highest BCUT2D eigenvalue weighted by molar-refractivity contribution is 7.09. The van der Waals surface area contributed by atoms with Crippen LogP contribution < -0.4 is 0 Å². The lowest BCUT2D eigenvalue weighted by molar-refractivity contribution is 0.0791. The molecule has 0 atom stereocenters. The topological polar surface area (TPSA) is 50.5 Å². The van der Waals surface area contributed by atoms with Gasteiger partial charge in [-0.1, -0.05) is 6.07 Å². The second kappa shape index (κ2) is 5.88. The number of nitrogens with zero attached hydrogens (tertiary/aromatic N) is 4. The van der Waals surface area contributed by atoms with Gasteiger partial charge in [0.2, 0.25) is 0 Å². The summed E-state index contributed by atoms with van der Waals surface area (Å²) in [6, 6.07) is 5.77. The number of carbonyl (C=O) groups is 1. The van der Waals surface area contributed by atoms with E-state index >= 15 is 0 Å². The molecular formula is C16H18N4OS. The van der Waals surface area contributed by atoms with Crippen molar-refractivity contribution >= 4 is 22.9 Å². The summed E-state index contributed by atoms with van der Waals surface area (Å²) in [5.74, 6) is -0.0385. The minimum Gasteiger partial charge on any atom is -0.340 e. The van der Waals surface area contributed by atoms with Gasteiger partial charge in [0.1, 0.15) is 11.3 Å². The summed E-state index contributed by atoms with van der Waals surface area (Å²) in [5.41, 5.74) is 5.10. The van der Waals surface area contributed by atoms with Crippen LogP contribution >= 0.6 is 11.3 Å². The first-order valence-electron chi connectivity index (χ1n) is 7.16. The van der Waals surface area contributed by atoms with Gasteiger partial charge < -0.3 is 9.30 Å². The standard InChI is InChI=1S/C16H18N4OS/c1-11-13(22-10-17-11)7-9-19(3)16(21)15-12(2)20-8-5-4-6-14(20)18-15/h4-6,8,10H,7,9H2,1-3H3. The van der Waals surface area contributed by atoms with Crippen LogP contribution in [-0.4, -0.2) is 38.8 Å². The molecule has 1 amide bonds. The van der Waals surface area contributed by atoms with E-state index in [1.165, 1.54) is 4.88 Å². The van der Waals surface area contributed by atoms with E-state index in [1.807, 2.05) is 55.2 Å². The lowest BCUT2D eigenvalue weighted by Gasteiger charge is -2.16. The Labute approximate surface area is 133 Å². The van der Waals surface area contributed by atoms with E-state index in [2.05, 4.69) is 9.97 Å². The Morgan fingerprint density at radius 3 is 2.86 bits per heavy atom. The quantitative estimate of drug-likeness (QED) is 0.744. The number of imidazole rings is 1. The number of thiazole rings is 1. The Kier molecular flexibility index (Phi) is 3.94. The van der Waals surface area contributed by atoms with Crippen molar-refractivity contribution in [3.05, 3.63) is 51.9 Å². The number of hydrogen-bond donors (Lipinski definition) is 0. The van der Waals surface area contributed by atoms with Gasteiger partial charge in [0, 0.05) is 31.1 Å². The fourth-order valence-corrected chi connectivity index (χ4v) is 3.21. The van der Waals surface area contributed by atoms with Crippen LogP contribution in [0.4, 0.5) is 0 Å². The monoisotopic (exact) mass is 314 g/mol. The Balaban J connectivity index is 1.77. The third-order valence-electron chi connectivity index (χ3n) is 3.84. The molecule has 3 aromatic heterocycles. The van der Waals surface area contributed by atoms with Crippen molar-refractivity contribution in [3.63, 3.8) is 0 Å². The van der Waals surface area contributed by atoms with Crippen LogP contribution in [0.2, 0.25) is 0 Å². The Morgan fingerprint density at radius 2 is 2.18 bits per heavy atom. The van der Waals surface area contributed by atoms with Crippen molar-refractivity contribution in [2.75, 3.05) is 13.6 Å². The molecule has 3 heterocycles. The number of carbonyl (C=O) groups excluding carboxylic acids is 1. The molecule has 0 aliphatic rings. The molecule has 0 aliphatic carbocycles. The van der Waals surface area contributed by atoms with Crippen LogP contribution in [0.5, 0.6) is 0 Å². The molecule has 0 bridgehead atoms. The van der Waals surface area contributed by atoms with E-state index in [-0.39, 0.29) is 5.91 Å². The highest BCUT2D eigenvalue weighted by Crippen LogP contribution is 2.15. The van der Waals surface area contributed by atoms with Crippen molar-refractivity contribution in [1.29, 1.82) is 0 Å². The number of aryl methyl sites for hydroxylation is 2. The summed E-state index contributed by atoms with van der Waals surface area (Å²) >= 11 is 1.64. The minimum atomic E-state index is -0.0385. The van der Waals surface area contributed by atoms with Gasteiger partial charge in [-0.15, -0.1) is 11.3 Å². The third kappa shape index (κ3) is 2.62. The van der Waals surface area contributed by atoms with Crippen LogP contribution in [0.1, 0.15) is 26.8 Å². The van der Waals surface area contributed by atoms with Gasteiger partial charge in [-0.2, -0.15) is 0 Å². The molecule has 5 nitrogen and oxygen atoms in total. The zero-order valence-electron chi connectivity index (χ0n) is 12.9. The molecule has 3 aromatic rings. The number of amides is 1. The van der Waals surface area contributed by atoms with Gasteiger partial charge in [-0.05, 0) is 26.0 Å². The van der Waals surface area contributed by atoms with Crippen molar-refractivity contribution in [3.8, 4) is 0 Å². The van der Waals surface area contributed by atoms with E-state index < -0.39 is 0 Å². The van der Waals surface area contributed by atoms with Gasteiger partial charge in [0.15, 0.2) is 0 Å². The van der Waals surface area contributed by atoms with E-state index in [0.29, 0.717) is 12.2 Å². The first kappa shape index (κ1) is 14.7. The number of fused-ring (bicyclic) bond motifs is 1. The highest BCUT2D eigenvalue weighted by Gasteiger charge is 2.19. The summed E-state index contributed by atoms with van der Waals surface area (Å²) in [4.78, 5) is 24.3. The molecule has 22 heavy (non-hydrogen) atoms. The molecule has 0 spiro atoms. The van der Waals surface area contributed by atoms with Crippen molar-refractivity contribution in [2.45, 2.75) is 20.3 Å². The van der Waals surface area contributed by atoms with E-state index in [0.717, 1.165) is 23.5 Å². The van der Waals surface area contributed by atoms with E-state index in [1.54, 1.807) is 16.2 Å². The molecule has 0 saturated carbocycles. The molecule has 0 radical (unpaired) electrons. The number of likely N-dealkylation sites (N-methyl/N-ethyl adjacent to an activating group) is 1. The van der Waals surface area contributed by atoms with Crippen molar-refractivity contribution < 1.29 is 4.79 Å². The molecule has 0 N–H and O–H groups in total. The van der Waals surface area contributed by atoms with Crippen molar-refractivity contribution in [2.24, 2.45) is 0 Å². The second-order valence-corrected chi connectivity index (χ2v) is 6.25. The number of rotatable bonds is 4. The zero-order chi connectivity index (χ0) is 15.7. The first-order valence-corrected chi connectivity index (χ1v) is 8.04. The van der Waals surface area contributed by atoms with E-state index in [4.69, 9.17) is 0 Å². The zero-order valence-corrected chi connectivity index (χ0v) is 13.7. The summed E-state index contributed by atoms with van der Waals surface area (Å²) in [5, 5.41) is 0. The molecule has 0 saturated heterocycles. The summed E-state index contributed by atoms with van der Waals surface area (Å²) < 4.78 is 1.94. The molecule has 0 aromatic carbocycles. The smallest absolute Gasteiger partial charge is 0.274 e. The molecule has 0 fully saturated rings. The minimum absolute atomic E-state index is 0.0385. The second-order valence-electron chi connectivity index (χ2n) is 5.31. The van der Waals surface area contributed by atoms with Gasteiger partial charge in [-0.3, -0.25) is 4.79 Å². The van der Waals surface area contributed by atoms with Crippen LogP contribution in [0, 0.1) is 13.8 Å². The normalized spacial score (nSPS) is 11.0. The van der Waals surface area contributed by atoms with Crippen molar-refractivity contribution in [1.82, 2.24) is 19.3 Å². The van der Waals surface area contributed by atoms with Gasteiger partial charge in [0.05, 0.1) is 16.9 Å². The molecule has 0 aliphatic heterocycles. The van der Waals surface area contributed by atoms with E-state index in [9.17, 15) is 4.79 Å². The van der Waals surface area contributed by atoms with Gasteiger partial charge in [0.25, 0.3) is 5.91 Å². The fourth-order valence-electron chi connectivity index (χ4n) is 2.44. The maximum atomic E-state index is 12.6. The predicted molar refractivity (Wildman–Crippen MR) is 87.4 cm³/mol. The highest BCUT2D eigenvalue weighted by atomic mass is 32.1. The van der Waals surface area contributed by atoms with Crippen LogP contribution in [0.15, 0.2) is 29.9 Å². The third-order valence-corrected chi connectivity index (χ3v) is 4.83. The maximum absolute atomic E-state index is 12.6. The van der Waals surface area contributed by atoms with Crippen LogP contribution in [0.3, 0.4) is 0 Å². The lowest BCUT2D eigenvalue weighted by Crippen LogP contribution is -2.29. The average Bonchev–Trinajstić information content (AvgIpc) is 3.08. The molecule has 3 rings (SSSR count). The molecule has 114 valence electrons. The Hall–Kier alpha value is -2.21. The number of pyridine rings is 1. The Morgan fingerprint density at radius 1 is 1.36 bits per heavy atom. The van der Waals surface area contributed by atoms with Gasteiger partial charge in [-0.25, -0.2) is 9.97 Å². The lowest BCUT2D eigenvalue weighted by atomic mass is 10.2. The summed E-state index contributed by atoms with van der Waals surface area (Å²) in [6.07, 6.45) is 2.75. The number of aromatic nitrogens is 3. The first-order chi connectivity index (χ1) is 10.6. The largest absolute Gasteiger partial charge is 0.340 e. The maximum Gasteiger partial charge on any atom is 0.274 e. The molecule has 0 unspecified atom stereocenters. The van der Waals surface area contributed by atoms with Crippen LogP contribution in [-0.2, 0) is 6.42 Å². The molecular weight excluding hydrogens is 296 g/mol. The fraction of sp³-hybridized carbons (Fsp3) is 0.312. The Bertz CT molecular complexity index is 821. The van der Waals surface area contributed by atoms with Gasteiger partial charge >= 0.3 is 0 Å². The van der Waals surface area contributed by atoms with Crippen LogP contribution in [0.25, 0.3) is 5.65 Å². The average molecular weight is 314 g/mol. The summed E-state index contributed by atoms with van der Waals surface area (Å²) in [7, 11) is 1.82. The SMILES string of the molecule is Cc1ncsc1CCN(C)C(=O)c1nc2ccccn2c1C.